The van der Waals surface area contributed by atoms with E-state index >= 15 is 0 Å². The number of non-ortho nitro benzene ring substituents is 1. The largest absolute Gasteiger partial charge is 0.488 e. The summed E-state index contributed by atoms with van der Waals surface area (Å²) in [7, 11) is 0. The molecule has 0 bridgehead atoms. The van der Waals surface area contributed by atoms with Gasteiger partial charge >= 0.3 is 0 Å². The number of amidine groups is 1. The maximum absolute atomic E-state index is 12.1. The lowest BCUT2D eigenvalue weighted by molar-refractivity contribution is -0.384. The van der Waals surface area contributed by atoms with Gasteiger partial charge in [0, 0.05) is 29.6 Å². The van der Waals surface area contributed by atoms with E-state index in [0.717, 1.165) is 17.3 Å². The molecule has 1 heterocycles. The van der Waals surface area contributed by atoms with Gasteiger partial charge in [0.15, 0.2) is 5.17 Å². The molecular weight excluding hydrogens is 418 g/mol. The molecule has 0 saturated heterocycles. The second kappa shape index (κ2) is 8.89. The summed E-state index contributed by atoms with van der Waals surface area (Å²) in [5.41, 5.74) is 1.30. The molecule has 10 heteroatoms. The molecule has 0 atom stereocenters. The van der Waals surface area contributed by atoms with Gasteiger partial charge in [-0.3, -0.25) is 19.7 Å². The number of nitro groups is 1. The lowest BCUT2D eigenvalue weighted by Crippen LogP contribution is -2.23. The molecule has 0 aromatic heterocycles. The molecule has 0 aliphatic carbocycles. The summed E-state index contributed by atoms with van der Waals surface area (Å²) in [5.74, 6) is -0.318. The quantitative estimate of drug-likeness (QED) is 0.436. The number of hydrogen-bond acceptors (Lipinski definition) is 6. The van der Waals surface area contributed by atoms with Crippen molar-refractivity contribution in [1.82, 2.24) is 5.32 Å². The first-order chi connectivity index (χ1) is 13.8. The zero-order valence-corrected chi connectivity index (χ0v) is 16.6. The van der Waals surface area contributed by atoms with Crippen LogP contribution in [0.1, 0.15) is 18.1 Å². The van der Waals surface area contributed by atoms with E-state index in [1.54, 1.807) is 36.4 Å². The third kappa shape index (κ3) is 5.43. The van der Waals surface area contributed by atoms with Crippen LogP contribution in [0.5, 0.6) is 5.75 Å². The van der Waals surface area contributed by atoms with Gasteiger partial charge in [-0.25, -0.2) is 0 Å². The summed E-state index contributed by atoms with van der Waals surface area (Å²) >= 11 is 7.12. The number of ether oxygens (including phenoxy) is 1. The van der Waals surface area contributed by atoms with Crippen molar-refractivity contribution in [3.8, 4) is 5.75 Å². The van der Waals surface area contributed by atoms with E-state index in [0.29, 0.717) is 21.2 Å². The summed E-state index contributed by atoms with van der Waals surface area (Å²) in [6.45, 7) is 1.50. The topological polar surface area (TPSA) is 111 Å². The van der Waals surface area contributed by atoms with Gasteiger partial charge in [0.1, 0.15) is 12.4 Å². The molecule has 2 aromatic rings. The van der Waals surface area contributed by atoms with Crippen LogP contribution in [0.15, 0.2) is 52.4 Å². The molecule has 3 rings (SSSR count). The Labute approximate surface area is 174 Å². The molecule has 0 radical (unpaired) electrons. The van der Waals surface area contributed by atoms with Gasteiger partial charge < -0.3 is 10.1 Å². The molecule has 0 spiro atoms. The van der Waals surface area contributed by atoms with Crippen molar-refractivity contribution in [3.05, 3.63) is 73.6 Å². The van der Waals surface area contributed by atoms with Crippen LogP contribution in [-0.2, 0) is 16.2 Å². The number of thioether (sulfide) groups is 1. The monoisotopic (exact) mass is 431 g/mol. The number of amides is 2. The normalized spacial score (nSPS) is 14.6. The highest BCUT2D eigenvalue weighted by molar-refractivity contribution is 8.18. The van der Waals surface area contributed by atoms with Crippen molar-refractivity contribution >= 4 is 52.1 Å². The molecule has 1 aliphatic heterocycles. The Kier molecular flexibility index (Phi) is 6.30. The van der Waals surface area contributed by atoms with E-state index in [2.05, 4.69) is 10.3 Å². The smallest absolute Gasteiger partial charge is 0.286 e. The summed E-state index contributed by atoms with van der Waals surface area (Å²) in [5, 5.41) is 13.9. The van der Waals surface area contributed by atoms with Crippen LogP contribution in [-0.4, -0.2) is 21.9 Å². The molecule has 0 fully saturated rings. The minimum absolute atomic E-state index is 0.00240. The van der Waals surface area contributed by atoms with Crippen LogP contribution < -0.4 is 10.1 Å². The van der Waals surface area contributed by atoms with Gasteiger partial charge in [-0.2, -0.15) is 4.99 Å². The first-order valence-corrected chi connectivity index (χ1v) is 9.47. The third-order valence-corrected chi connectivity index (χ3v) is 4.84. The molecule has 2 amide bonds. The summed E-state index contributed by atoms with van der Waals surface area (Å²) in [6.07, 6.45) is 1.59. The molecule has 1 aliphatic rings. The third-order valence-electron chi connectivity index (χ3n) is 3.70. The van der Waals surface area contributed by atoms with Crippen LogP contribution in [0.4, 0.5) is 5.69 Å². The van der Waals surface area contributed by atoms with Crippen molar-refractivity contribution in [2.45, 2.75) is 13.5 Å². The zero-order chi connectivity index (χ0) is 21.0. The van der Waals surface area contributed by atoms with E-state index in [4.69, 9.17) is 16.3 Å². The fourth-order valence-electron chi connectivity index (χ4n) is 2.39. The van der Waals surface area contributed by atoms with Crippen molar-refractivity contribution in [3.63, 3.8) is 0 Å². The minimum Gasteiger partial charge on any atom is -0.488 e. The number of halogens is 1. The summed E-state index contributed by atoms with van der Waals surface area (Å²) < 4.78 is 5.81. The predicted molar refractivity (Wildman–Crippen MR) is 111 cm³/mol. The highest BCUT2D eigenvalue weighted by atomic mass is 35.5. The Morgan fingerprint density at radius 1 is 1.31 bits per heavy atom. The lowest BCUT2D eigenvalue weighted by atomic mass is 10.1. The van der Waals surface area contributed by atoms with Crippen LogP contribution in [0.2, 0.25) is 5.02 Å². The van der Waals surface area contributed by atoms with Gasteiger partial charge in [-0.05, 0) is 53.7 Å². The average molecular weight is 432 g/mol. The van der Waals surface area contributed by atoms with Gasteiger partial charge in [0.2, 0.25) is 5.91 Å². The maximum Gasteiger partial charge on any atom is 0.286 e. The molecule has 29 heavy (non-hydrogen) atoms. The lowest BCUT2D eigenvalue weighted by Gasteiger charge is -2.10. The van der Waals surface area contributed by atoms with E-state index in [1.165, 1.54) is 19.1 Å². The summed E-state index contributed by atoms with van der Waals surface area (Å²) in [6, 6.07) is 11.0. The Bertz CT molecular complexity index is 1050. The number of rotatable bonds is 5. The molecule has 148 valence electrons. The van der Waals surface area contributed by atoms with Gasteiger partial charge in [0.25, 0.3) is 11.6 Å². The van der Waals surface area contributed by atoms with Crippen molar-refractivity contribution in [1.29, 1.82) is 0 Å². The fraction of sp³-hybridized carbons (Fsp3) is 0.105. The number of benzene rings is 2. The highest BCUT2D eigenvalue weighted by Crippen LogP contribution is 2.32. The van der Waals surface area contributed by atoms with E-state index in [1.807, 2.05) is 0 Å². The summed E-state index contributed by atoms with van der Waals surface area (Å²) in [4.78, 5) is 37.6. The maximum atomic E-state index is 12.1. The Hall–Kier alpha value is -3.17. The molecular formula is C19H14ClN3O5S. The molecule has 1 N–H and O–H groups in total. The molecule has 0 unspecified atom stereocenters. The highest BCUT2D eigenvalue weighted by Gasteiger charge is 2.23. The average Bonchev–Trinajstić information content (AvgIpc) is 2.99. The Morgan fingerprint density at radius 3 is 2.69 bits per heavy atom. The van der Waals surface area contributed by atoms with Crippen LogP contribution >= 0.6 is 23.4 Å². The first-order valence-electron chi connectivity index (χ1n) is 8.27. The number of nitrogens with zero attached hydrogens (tertiary/aromatic N) is 2. The van der Waals surface area contributed by atoms with Crippen molar-refractivity contribution < 1.29 is 19.2 Å². The Balaban J connectivity index is 1.77. The number of carbonyl (C=O) groups excluding carboxylic acids is 2. The standard InChI is InChI=1S/C19H14ClN3O5S/c1-11(24)21-19-22-18(25)17(29-19)9-13-8-14(20)4-7-16(13)28-10-12-2-5-15(6-3-12)23(26)27/h2-9H,10H2,1H3,(H,21,22,24,25)/b17-9+. The van der Waals surface area contributed by atoms with Crippen molar-refractivity contribution in [2.24, 2.45) is 4.99 Å². The van der Waals surface area contributed by atoms with Gasteiger partial charge in [-0.15, -0.1) is 0 Å². The number of nitrogens with one attached hydrogen (secondary N) is 1. The van der Waals surface area contributed by atoms with Crippen molar-refractivity contribution in [2.75, 3.05) is 0 Å². The van der Waals surface area contributed by atoms with Crippen LogP contribution in [0, 0.1) is 10.1 Å². The fourth-order valence-corrected chi connectivity index (χ4v) is 3.42. The molecule has 0 saturated carbocycles. The predicted octanol–water partition coefficient (Wildman–Crippen LogP) is 3.93. The van der Waals surface area contributed by atoms with Crippen LogP contribution in [0.3, 0.4) is 0 Å². The van der Waals surface area contributed by atoms with E-state index < -0.39 is 10.8 Å². The van der Waals surface area contributed by atoms with Crippen LogP contribution in [0.25, 0.3) is 6.08 Å². The second-order valence-electron chi connectivity index (χ2n) is 5.91. The number of nitro benzene ring substituents is 1. The SMILES string of the molecule is CC(=O)NC1=NC(=O)/C(=C\c2cc(Cl)ccc2OCc2ccc([N+](=O)[O-])cc2)S1. The molecule has 8 nitrogen and oxygen atoms in total. The van der Waals surface area contributed by atoms with Gasteiger partial charge in [-0.1, -0.05) is 11.6 Å². The number of carbonyl (C=O) groups is 2. The molecule has 2 aromatic carbocycles. The van der Waals surface area contributed by atoms with E-state index in [9.17, 15) is 19.7 Å². The zero-order valence-electron chi connectivity index (χ0n) is 15.0. The second-order valence-corrected chi connectivity index (χ2v) is 7.38. The number of hydrogen-bond donors (Lipinski definition) is 1. The minimum atomic E-state index is -0.472. The number of aliphatic imine (C=N–C) groups is 1. The van der Waals surface area contributed by atoms with Gasteiger partial charge in [0.05, 0.1) is 9.83 Å². The Morgan fingerprint density at radius 2 is 2.03 bits per heavy atom. The first kappa shape index (κ1) is 20.6. The van der Waals surface area contributed by atoms with E-state index in [-0.39, 0.29) is 23.4 Å².